The van der Waals surface area contributed by atoms with Crippen LogP contribution in [0.5, 0.6) is 0 Å². The smallest absolute Gasteiger partial charge is 0.323 e. The number of anilines is 1. The number of nitriles is 1. The highest BCUT2D eigenvalue weighted by Gasteiger charge is 2.42. The molecule has 7 nitrogen and oxygen atoms in total. The molecule has 0 unspecified atom stereocenters. The Balaban J connectivity index is 1.45. The molecule has 2 aliphatic heterocycles. The van der Waals surface area contributed by atoms with Crippen molar-refractivity contribution in [2.24, 2.45) is 5.41 Å². The molecule has 0 aliphatic carbocycles. The maximum atomic E-state index is 13.0. The number of likely N-dealkylation sites (tertiary alicyclic amines) is 1. The Hall–Kier alpha value is -3.28. The van der Waals surface area contributed by atoms with Crippen molar-refractivity contribution in [2.45, 2.75) is 26.7 Å². The number of urea groups is 1. The van der Waals surface area contributed by atoms with Gasteiger partial charge >= 0.3 is 6.03 Å². The molecule has 2 fully saturated rings. The summed E-state index contributed by atoms with van der Waals surface area (Å²) in [6, 6.07) is 13.5. The number of benzene rings is 1. The van der Waals surface area contributed by atoms with Crippen LogP contribution in [0.2, 0.25) is 0 Å². The quantitative estimate of drug-likeness (QED) is 0.595. The number of amides is 2. The van der Waals surface area contributed by atoms with Crippen LogP contribution in [-0.2, 0) is 4.74 Å². The Kier molecular flexibility index (Phi) is 5.60. The highest BCUT2D eigenvalue weighted by molar-refractivity contribution is 7.19. The first kappa shape index (κ1) is 21.6. The first-order chi connectivity index (χ1) is 15.9. The van der Waals surface area contributed by atoms with Gasteiger partial charge in [-0.3, -0.25) is 10.3 Å². The average Bonchev–Trinajstić information content (AvgIpc) is 3.21. The van der Waals surface area contributed by atoms with Crippen LogP contribution in [-0.4, -0.2) is 47.2 Å². The summed E-state index contributed by atoms with van der Waals surface area (Å²) >= 11 is 1.45. The van der Waals surface area contributed by atoms with Crippen molar-refractivity contribution in [1.29, 1.82) is 5.26 Å². The predicted molar refractivity (Wildman–Crippen MR) is 128 cm³/mol. The van der Waals surface area contributed by atoms with Gasteiger partial charge in [0.1, 0.15) is 0 Å². The number of hydrogen-bond acceptors (Lipinski definition) is 6. The molecule has 168 valence electrons. The molecule has 1 N–H and O–H groups in total. The summed E-state index contributed by atoms with van der Waals surface area (Å²) in [4.78, 5) is 25.1. The number of nitrogens with zero attached hydrogens (tertiary/aromatic N) is 4. The van der Waals surface area contributed by atoms with Gasteiger partial charge in [0.25, 0.3) is 0 Å². The van der Waals surface area contributed by atoms with E-state index in [2.05, 4.69) is 16.4 Å². The first-order valence-corrected chi connectivity index (χ1v) is 11.9. The molecule has 2 amide bonds. The van der Waals surface area contributed by atoms with Gasteiger partial charge in [0.15, 0.2) is 5.13 Å². The Morgan fingerprint density at radius 1 is 1.12 bits per heavy atom. The summed E-state index contributed by atoms with van der Waals surface area (Å²) in [6.07, 6.45) is 1.95. The molecule has 4 heterocycles. The van der Waals surface area contributed by atoms with Crippen LogP contribution in [0.4, 0.5) is 9.93 Å². The lowest BCUT2D eigenvalue weighted by atomic mass is 9.77. The second-order valence-electron chi connectivity index (χ2n) is 8.94. The number of pyridine rings is 1. The zero-order valence-electron chi connectivity index (χ0n) is 18.7. The van der Waals surface area contributed by atoms with E-state index in [1.54, 1.807) is 6.07 Å². The molecule has 0 radical (unpaired) electrons. The fraction of sp³-hybridized carbons (Fsp3) is 0.360. The number of hydrogen-bond donors (Lipinski definition) is 1. The van der Waals surface area contributed by atoms with E-state index in [1.165, 1.54) is 11.3 Å². The molecule has 2 aromatic heterocycles. The van der Waals surface area contributed by atoms with E-state index >= 15 is 0 Å². The van der Waals surface area contributed by atoms with Crippen LogP contribution in [0.15, 0.2) is 36.4 Å². The number of aromatic nitrogens is 2. The molecule has 1 spiro atoms. The SMILES string of the molecule is Cc1cc(-c2sc(NC(=O)N3CCC4(CC3)COC4)nc2-c2cccc(C#N)c2)cc(C)n1. The highest BCUT2D eigenvalue weighted by Crippen LogP contribution is 2.41. The summed E-state index contributed by atoms with van der Waals surface area (Å²) in [5.41, 5.74) is 5.29. The lowest BCUT2D eigenvalue weighted by Gasteiger charge is -2.47. The lowest BCUT2D eigenvalue weighted by Crippen LogP contribution is -2.52. The van der Waals surface area contributed by atoms with Crippen LogP contribution in [0.25, 0.3) is 21.7 Å². The number of rotatable bonds is 3. The van der Waals surface area contributed by atoms with Gasteiger partial charge in [-0.15, -0.1) is 0 Å². The van der Waals surface area contributed by atoms with Crippen LogP contribution >= 0.6 is 11.3 Å². The molecule has 3 aromatic rings. The Bertz CT molecular complexity index is 1230. The predicted octanol–water partition coefficient (Wildman–Crippen LogP) is 5.00. The van der Waals surface area contributed by atoms with Gasteiger partial charge in [-0.2, -0.15) is 5.26 Å². The summed E-state index contributed by atoms with van der Waals surface area (Å²) in [7, 11) is 0. The maximum Gasteiger partial charge on any atom is 0.323 e. The number of carbonyl (C=O) groups is 1. The topological polar surface area (TPSA) is 91.1 Å². The van der Waals surface area contributed by atoms with E-state index < -0.39 is 0 Å². The third kappa shape index (κ3) is 4.34. The van der Waals surface area contributed by atoms with E-state index in [-0.39, 0.29) is 11.4 Å². The van der Waals surface area contributed by atoms with Crippen LogP contribution in [0.3, 0.4) is 0 Å². The van der Waals surface area contributed by atoms with Gasteiger partial charge in [0.2, 0.25) is 0 Å². The van der Waals surface area contributed by atoms with Gasteiger partial charge < -0.3 is 9.64 Å². The molecule has 8 heteroatoms. The van der Waals surface area contributed by atoms with Crippen LogP contribution < -0.4 is 5.32 Å². The van der Waals surface area contributed by atoms with Gasteiger partial charge in [-0.25, -0.2) is 9.78 Å². The van der Waals surface area contributed by atoms with E-state index in [4.69, 9.17) is 9.72 Å². The minimum Gasteiger partial charge on any atom is -0.380 e. The van der Waals surface area contributed by atoms with Crippen molar-refractivity contribution in [1.82, 2.24) is 14.9 Å². The molecule has 1 aromatic carbocycles. The number of nitrogens with one attached hydrogen (secondary N) is 1. The molecule has 2 saturated heterocycles. The van der Waals surface area contributed by atoms with Gasteiger partial charge in [0.05, 0.1) is 35.4 Å². The van der Waals surface area contributed by atoms with E-state index in [0.29, 0.717) is 10.7 Å². The standard InChI is InChI=1S/C25H25N5O2S/c1-16-10-20(11-17(2)27-16)22-21(19-5-3-4-18(12-19)13-26)28-23(33-22)29-24(31)30-8-6-25(7-9-30)14-32-15-25/h3-5,10-12H,6-9,14-15H2,1-2H3,(H,28,29,31). The van der Waals surface area contributed by atoms with Gasteiger partial charge in [-0.05, 0) is 56.5 Å². The number of thiazole rings is 1. The van der Waals surface area contributed by atoms with Crippen molar-refractivity contribution in [3.8, 4) is 27.8 Å². The Morgan fingerprint density at radius 3 is 2.48 bits per heavy atom. The fourth-order valence-corrected chi connectivity index (χ4v) is 5.47. The molecule has 0 atom stereocenters. The van der Waals surface area contributed by atoms with Crippen molar-refractivity contribution in [3.63, 3.8) is 0 Å². The zero-order chi connectivity index (χ0) is 23.0. The maximum absolute atomic E-state index is 13.0. The van der Waals surface area contributed by atoms with Gasteiger partial charge in [-0.1, -0.05) is 23.5 Å². The number of piperidine rings is 1. The number of ether oxygens (including phenoxy) is 1. The lowest BCUT2D eigenvalue weighted by molar-refractivity contribution is -0.135. The molecular weight excluding hydrogens is 434 g/mol. The van der Waals surface area contributed by atoms with Crippen LogP contribution in [0, 0.1) is 30.6 Å². The Morgan fingerprint density at radius 2 is 1.85 bits per heavy atom. The third-order valence-corrected chi connectivity index (χ3v) is 7.40. The molecule has 5 rings (SSSR count). The Labute approximate surface area is 197 Å². The molecule has 33 heavy (non-hydrogen) atoms. The van der Waals surface area contributed by atoms with Crippen LogP contribution in [0.1, 0.15) is 29.8 Å². The summed E-state index contributed by atoms with van der Waals surface area (Å²) in [5.74, 6) is 0. The molecule has 0 bridgehead atoms. The summed E-state index contributed by atoms with van der Waals surface area (Å²) in [5, 5.41) is 12.9. The zero-order valence-corrected chi connectivity index (χ0v) is 19.5. The van der Waals surface area contributed by atoms with Crippen molar-refractivity contribution in [2.75, 3.05) is 31.6 Å². The highest BCUT2D eigenvalue weighted by atomic mass is 32.1. The average molecular weight is 460 g/mol. The fourth-order valence-electron chi connectivity index (χ4n) is 4.50. The van der Waals surface area contributed by atoms with Crippen molar-refractivity contribution in [3.05, 3.63) is 53.3 Å². The molecule has 2 aliphatic rings. The second kappa shape index (κ2) is 8.58. The monoisotopic (exact) mass is 459 g/mol. The first-order valence-electron chi connectivity index (χ1n) is 11.1. The van der Waals surface area contributed by atoms with Crippen molar-refractivity contribution < 1.29 is 9.53 Å². The minimum absolute atomic E-state index is 0.121. The van der Waals surface area contributed by atoms with Gasteiger partial charge in [0, 0.05) is 35.5 Å². The van der Waals surface area contributed by atoms with E-state index in [0.717, 1.165) is 72.2 Å². The second-order valence-corrected chi connectivity index (χ2v) is 9.94. The normalized spacial score (nSPS) is 16.8. The number of carbonyl (C=O) groups excluding carboxylic acids is 1. The molecular formula is C25H25N5O2S. The molecule has 0 saturated carbocycles. The minimum atomic E-state index is -0.121. The summed E-state index contributed by atoms with van der Waals surface area (Å²) in [6.45, 7) is 7.02. The summed E-state index contributed by atoms with van der Waals surface area (Å²) < 4.78 is 5.39. The van der Waals surface area contributed by atoms with E-state index in [9.17, 15) is 10.1 Å². The number of aryl methyl sites for hydroxylation is 2. The van der Waals surface area contributed by atoms with E-state index in [1.807, 2.05) is 49.1 Å². The largest absolute Gasteiger partial charge is 0.380 e. The third-order valence-electron chi connectivity index (χ3n) is 6.38. The van der Waals surface area contributed by atoms with Crippen molar-refractivity contribution >= 4 is 22.5 Å².